The number of thioether (sulfide) groups is 2. The lowest BCUT2D eigenvalue weighted by Gasteiger charge is -1.95. The first kappa shape index (κ1) is 9.79. The average Bonchev–Trinajstić information content (AvgIpc) is 1.80. The SMILES string of the molecule is CCSCCSC(C)=S. The molecule has 0 rings (SSSR count). The van der Waals surface area contributed by atoms with Crippen LogP contribution in [0.5, 0.6) is 0 Å². The van der Waals surface area contributed by atoms with Crippen LogP contribution in [0.4, 0.5) is 0 Å². The molecule has 0 aromatic carbocycles. The molecule has 0 bridgehead atoms. The van der Waals surface area contributed by atoms with Crippen LogP contribution in [0, 0.1) is 0 Å². The lowest BCUT2D eigenvalue weighted by atomic mass is 10.9. The molecule has 0 unspecified atom stereocenters. The minimum atomic E-state index is 1.06. The monoisotopic (exact) mass is 180 g/mol. The second-order valence-electron chi connectivity index (χ2n) is 1.54. The summed E-state index contributed by atoms with van der Waals surface area (Å²) in [5.41, 5.74) is 0. The van der Waals surface area contributed by atoms with Crippen molar-refractivity contribution < 1.29 is 0 Å². The number of hydrogen-bond donors (Lipinski definition) is 0. The Bertz CT molecular complexity index is 80.4. The van der Waals surface area contributed by atoms with Gasteiger partial charge in [0, 0.05) is 15.7 Å². The first-order chi connectivity index (χ1) is 4.27. The molecule has 0 nitrogen and oxygen atoms in total. The third kappa shape index (κ3) is 8.79. The van der Waals surface area contributed by atoms with Crippen LogP contribution in [0.25, 0.3) is 0 Å². The van der Waals surface area contributed by atoms with Gasteiger partial charge in [-0.3, -0.25) is 0 Å². The van der Waals surface area contributed by atoms with E-state index in [0.29, 0.717) is 0 Å². The van der Waals surface area contributed by atoms with E-state index in [2.05, 4.69) is 6.92 Å². The fourth-order valence-electron chi connectivity index (χ4n) is 0.389. The molecule has 0 aliphatic heterocycles. The normalized spacial score (nSPS) is 9.56. The van der Waals surface area contributed by atoms with E-state index in [4.69, 9.17) is 12.2 Å². The van der Waals surface area contributed by atoms with E-state index >= 15 is 0 Å². The van der Waals surface area contributed by atoms with Gasteiger partial charge < -0.3 is 0 Å². The first-order valence-electron chi connectivity index (χ1n) is 2.98. The van der Waals surface area contributed by atoms with E-state index < -0.39 is 0 Å². The molecule has 54 valence electrons. The highest BCUT2D eigenvalue weighted by Gasteiger charge is 1.88. The Kier molecular flexibility index (Phi) is 7.51. The highest BCUT2D eigenvalue weighted by Crippen LogP contribution is 2.07. The second kappa shape index (κ2) is 6.90. The molecule has 0 atom stereocenters. The van der Waals surface area contributed by atoms with Gasteiger partial charge in [-0.2, -0.15) is 11.8 Å². The molecule has 0 aliphatic rings. The van der Waals surface area contributed by atoms with Crippen molar-refractivity contribution in [3.63, 3.8) is 0 Å². The predicted molar refractivity (Wildman–Crippen MR) is 53.7 cm³/mol. The zero-order valence-electron chi connectivity index (χ0n) is 5.85. The molecular formula is C6H12S3. The minimum Gasteiger partial charge on any atom is -0.161 e. The molecule has 0 aliphatic carbocycles. The van der Waals surface area contributed by atoms with Crippen molar-refractivity contribution in [1.82, 2.24) is 0 Å². The van der Waals surface area contributed by atoms with Gasteiger partial charge in [-0.25, -0.2) is 0 Å². The Labute approximate surface area is 71.2 Å². The average molecular weight is 180 g/mol. The Morgan fingerprint density at radius 2 is 2.11 bits per heavy atom. The number of rotatable bonds is 4. The number of thiocarbonyl (C=S) groups is 1. The summed E-state index contributed by atoms with van der Waals surface area (Å²) in [5, 5.41) is 0. The zero-order valence-corrected chi connectivity index (χ0v) is 8.30. The van der Waals surface area contributed by atoms with Crippen LogP contribution in [0.1, 0.15) is 13.8 Å². The first-order valence-corrected chi connectivity index (χ1v) is 5.53. The van der Waals surface area contributed by atoms with E-state index in [1.54, 1.807) is 11.8 Å². The van der Waals surface area contributed by atoms with Crippen molar-refractivity contribution >= 4 is 39.9 Å². The highest BCUT2D eigenvalue weighted by atomic mass is 32.2. The third-order valence-corrected chi connectivity index (χ3v) is 3.06. The second-order valence-corrected chi connectivity index (χ2v) is 5.11. The molecule has 0 radical (unpaired) electrons. The summed E-state index contributed by atoms with van der Waals surface area (Å²) in [6.07, 6.45) is 0. The largest absolute Gasteiger partial charge is 0.161 e. The van der Waals surface area contributed by atoms with Crippen LogP contribution in [0.2, 0.25) is 0 Å². The molecule has 0 amide bonds. The molecule has 0 fully saturated rings. The van der Waals surface area contributed by atoms with Gasteiger partial charge in [0.25, 0.3) is 0 Å². The van der Waals surface area contributed by atoms with Gasteiger partial charge in [0.2, 0.25) is 0 Å². The van der Waals surface area contributed by atoms with Gasteiger partial charge in [-0.05, 0) is 12.7 Å². The summed E-state index contributed by atoms with van der Waals surface area (Å²) in [5.74, 6) is 3.63. The maximum atomic E-state index is 4.90. The summed E-state index contributed by atoms with van der Waals surface area (Å²) in [6, 6.07) is 0. The fourth-order valence-corrected chi connectivity index (χ4v) is 2.02. The van der Waals surface area contributed by atoms with Crippen molar-refractivity contribution in [3.05, 3.63) is 0 Å². The number of hydrogen-bond acceptors (Lipinski definition) is 3. The van der Waals surface area contributed by atoms with Crippen LogP contribution in [-0.2, 0) is 0 Å². The van der Waals surface area contributed by atoms with Gasteiger partial charge in [0.1, 0.15) is 0 Å². The minimum absolute atomic E-state index is 1.06. The molecule has 0 heterocycles. The molecule has 3 heteroatoms. The van der Waals surface area contributed by atoms with Crippen molar-refractivity contribution in [2.45, 2.75) is 13.8 Å². The van der Waals surface area contributed by atoms with Crippen LogP contribution >= 0.6 is 35.7 Å². The summed E-state index contributed by atoms with van der Waals surface area (Å²) in [7, 11) is 0. The Morgan fingerprint density at radius 3 is 2.56 bits per heavy atom. The van der Waals surface area contributed by atoms with Gasteiger partial charge in [0.05, 0.1) is 0 Å². The summed E-state index contributed by atoms with van der Waals surface area (Å²) < 4.78 is 1.06. The van der Waals surface area contributed by atoms with Crippen LogP contribution < -0.4 is 0 Å². The van der Waals surface area contributed by atoms with Crippen LogP contribution in [-0.4, -0.2) is 21.5 Å². The van der Waals surface area contributed by atoms with Gasteiger partial charge in [-0.1, -0.05) is 19.1 Å². The van der Waals surface area contributed by atoms with E-state index in [9.17, 15) is 0 Å². The maximum absolute atomic E-state index is 4.90. The topological polar surface area (TPSA) is 0 Å². The van der Waals surface area contributed by atoms with Crippen molar-refractivity contribution in [2.75, 3.05) is 17.3 Å². The maximum Gasteiger partial charge on any atom is 0.0447 e. The standard InChI is InChI=1S/C6H12S3/c1-3-8-4-5-9-6(2)7/h3-5H2,1-2H3. The molecule has 0 spiro atoms. The molecular weight excluding hydrogens is 168 g/mol. The lowest BCUT2D eigenvalue weighted by Crippen LogP contribution is -1.87. The van der Waals surface area contributed by atoms with Crippen molar-refractivity contribution in [2.24, 2.45) is 0 Å². The molecule has 0 aromatic rings. The third-order valence-electron chi connectivity index (χ3n) is 0.737. The lowest BCUT2D eigenvalue weighted by molar-refractivity contribution is 1.48. The molecule has 0 saturated carbocycles. The van der Waals surface area contributed by atoms with Gasteiger partial charge >= 0.3 is 0 Å². The molecule has 0 aromatic heterocycles. The summed E-state index contributed by atoms with van der Waals surface area (Å²) in [4.78, 5) is 0. The van der Waals surface area contributed by atoms with Crippen LogP contribution in [0.3, 0.4) is 0 Å². The van der Waals surface area contributed by atoms with E-state index in [1.165, 1.54) is 17.3 Å². The van der Waals surface area contributed by atoms with Crippen molar-refractivity contribution in [3.8, 4) is 0 Å². The van der Waals surface area contributed by atoms with Gasteiger partial charge in [-0.15, -0.1) is 11.8 Å². The Balaban J connectivity index is 2.83. The van der Waals surface area contributed by atoms with Crippen molar-refractivity contribution in [1.29, 1.82) is 0 Å². The quantitative estimate of drug-likeness (QED) is 0.482. The zero-order chi connectivity index (χ0) is 7.11. The summed E-state index contributed by atoms with van der Waals surface area (Å²) in [6.45, 7) is 4.16. The molecule has 0 N–H and O–H groups in total. The Morgan fingerprint density at radius 1 is 1.44 bits per heavy atom. The van der Waals surface area contributed by atoms with Gasteiger partial charge in [0.15, 0.2) is 0 Å². The summed E-state index contributed by atoms with van der Waals surface area (Å²) >= 11 is 8.65. The predicted octanol–water partition coefficient (Wildman–Crippen LogP) is 2.82. The fraction of sp³-hybridized carbons (Fsp3) is 0.833. The van der Waals surface area contributed by atoms with E-state index in [0.717, 1.165) is 4.20 Å². The van der Waals surface area contributed by atoms with Crippen LogP contribution in [0.15, 0.2) is 0 Å². The smallest absolute Gasteiger partial charge is 0.0447 e. The van der Waals surface area contributed by atoms with E-state index in [-0.39, 0.29) is 0 Å². The molecule has 9 heavy (non-hydrogen) atoms. The van der Waals surface area contributed by atoms with E-state index in [1.807, 2.05) is 18.7 Å². The highest BCUT2D eigenvalue weighted by molar-refractivity contribution is 8.23. The Hall–Kier alpha value is 0.790. The molecule has 0 saturated heterocycles.